The van der Waals surface area contributed by atoms with Crippen LogP contribution in [0.4, 0.5) is 4.39 Å². The zero-order valence-corrected chi connectivity index (χ0v) is 9.62. The van der Waals surface area contributed by atoms with Crippen LogP contribution >= 0.6 is 0 Å². The van der Waals surface area contributed by atoms with Crippen molar-refractivity contribution in [3.63, 3.8) is 0 Å². The highest BCUT2D eigenvalue weighted by molar-refractivity contribution is 5.82. The number of aromatic nitrogens is 1. The lowest BCUT2D eigenvalue weighted by Gasteiger charge is -2.14. The van der Waals surface area contributed by atoms with Crippen LogP contribution in [0, 0.1) is 5.82 Å². The summed E-state index contributed by atoms with van der Waals surface area (Å²) >= 11 is 0. The Morgan fingerprint density at radius 2 is 2.00 bits per heavy atom. The zero-order chi connectivity index (χ0) is 11.6. The van der Waals surface area contributed by atoms with Crippen LogP contribution in [0.5, 0.6) is 0 Å². The Morgan fingerprint density at radius 1 is 1.24 bits per heavy atom. The normalized spacial score (nSPS) is 22.0. The van der Waals surface area contributed by atoms with Gasteiger partial charge in [0.15, 0.2) is 0 Å². The topological polar surface area (TPSA) is 30.9 Å². The molecule has 2 fully saturated rings. The van der Waals surface area contributed by atoms with E-state index < -0.39 is 0 Å². The fraction of sp³-hybridized carbons (Fsp3) is 0.429. The lowest BCUT2D eigenvalue weighted by atomic mass is 10.2. The minimum absolute atomic E-state index is 0.141. The van der Waals surface area contributed by atoms with Gasteiger partial charge in [-0.05, 0) is 49.9 Å². The average molecular weight is 230 g/mol. The first-order chi connectivity index (χ1) is 8.17. The monoisotopic (exact) mass is 230 g/mol. The lowest BCUT2D eigenvalue weighted by Crippen LogP contribution is -2.22. The third-order valence-corrected chi connectivity index (χ3v) is 4.01. The SMILES string of the molecule is NC1(c2cc3cc(F)ccc3n2C2CC2)CC1. The van der Waals surface area contributed by atoms with Gasteiger partial charge in [-0.3, -0.25) is 0 Å². The molecular formula is C14H15FN2. The lowest BCUT2D eigenvalue weighted by molar-refractivity contribution is 0.620. The molecule has 0 bridgehead atoms. The molecular weight excluding hydrogens is 215 g/mol. The maximum Gasteiger partial charge on any atom is 0.123 e. The van der Waals surface area contributed by atoms with Gasteiger partial charge in [0.25, 0.3) is 0 Å². The van der Waals surface area contributed by atoms with Gasteiger partial charge >= 0.3 is 0 Å². The summed E-state index contributed by atoms with van der Waals surface area (Å²) < 4.78 is 15.6. The summed E-state index contributed by atoms with van der Waals surface area (Å²) in [6.45, 7) is 0. The molecule has 2 N–H and O–H groups in total. The van der Waals surface area contributed by atoms with Crippen LogP contribution in [0.1, 0.15) is 37.4 Å². The van der Waals surface area contributed by atoms with Crippen LogP contribution < -0.4 is 5.73 Å². The number of hydrogen-bond acceptors (Lipinski definition) is 1. The molecule has 1 aromatic carbocycles. The van der Waals surface area contributed by atoms with Gasteiger partial charge in [0, 0.05) is 22.6 Å². The molecule has 88 valence electrons. The molecule has 4 rings (SSSR count). The van der Waals surface area contributed by atoms with Crippen LogP contribution in [-0.4, -0.2) is 4.57 Å². The van der Waals surface area contributed by atoms with E-state index in [1.165, 1.54) is 18.5 Å². The summed E-state index contributed by atoms with van der Waals surface area (Å²) in [5, 5.41) is 0.989. The molecule has 2 aliphatic carbocycles. The van der Waals surface area contributed by atoms with Crippen LogP contribution in [0.2, 0.25) is 0 Å². The zero-order valence-electron chi connectivity index (χ0n) is 9.62. The van der Waals surface area contributed by atoms with Crippen molar-refractivity contribution >= 4 is 10.9 Å². The smallest absolute Gasteiger partial charge is 0.123 e. The van der Waals surface area contributed by atoms with E-state index in [0.717, 1.165) is 23.7 Å². The molecule has 17 heavy (non-hydrogen) atoms. The second-order valence-electron chi connectivity index (χ2n) is 5.49. The Kier molecular flexibility index (Phi) is 1.65. The Balaban J connectivity index is 2.01. The Morgan fingerprint density at radius 3 is 2.65 bits per heavy atom. The highest BCUT2D eigenvalue weighted by Crippen LogP contribution is 2.49. The van der Waals surface area contributed by atoms with E-state index in [1.54, 1.807) is 12.1 Å². The molecule has 1 aromatic heterocycles. The first kappa shape index (κ1) is 9.66. The van der Waals surface area contributed by atoms with E-state index >= 15 is 0 Å². The highest BCUT2D eigenvalue weighted by atomic mass is 19.1. The second-order valence-corrected chi connectivity index (χ2v) is 5.49. The molecule has 0 atom stereocenters. The van der Waals surface area contributed by atoms with E-state index in [4.69, 9.17) is 5.73 Å². The van der Waals surface area contributed by atoms with Crippen molar-refractivity contribution in [1.29, 1.82) is 0 Å². The maximum atomic E-state index is 13.3. The maximum absolute atomic E-state index is 13.3. The van der Waals surface area contributed by atoms with Crippen LogP contribution in [-0.2, 0) is 5.54 Å². The number of benzene rings is 1. The van der Waals surface area contributed by atoms with Gasteiger partial charge in [-0.1, -0.05) is 0 Å². The minimum atomic E-state index is -0.168. The summed E-state index contributed by atoms with van der Waals surface area (Å²) in [5.74, 6) is -0.168. The van der Waals surface area contributed by atoms with E-state index in [9.17, 15) is 4.39 Å². The minimum Gasteiger partial charge on any atom is -0.340 e. The molecule has 0 radical (unpaired) electrons. The third kappa shape index (κ3) is 1.35. The van der Waals surface area contributed by atoms with Gasteiger partial charge in [-0.2, -0.15) is 0 Å². The van der Waals surface area contributed by atoms with Crippen molar-refractivity contribution in [1.82, 2.24) is 4.57 Å². The van der Waals surface area contributed by atoms with Gasteiger partial charge in [0.1, 0.15) is 5.82 Å². The molecule has 0 saturated heterocycles. The second kappa shape index (κ2) is 2.91. The van der Waals surface area contributed by atoms with Crippen molar-refractivity contribution in [2.45, 2.75) is 37.3 Å². The molecule has 0 aliphatic heterocycles. The molecule has 2 aromatic rings. The van der Waals surface area contributed by atoms with Crippen molar-refractivity contribution in [2.24, 2.45) is 5.73 Å². The van der Waals surface area contributed by atoms with Crippen molar-refractivity contribution in [2.75, 3.05) is 0 Å². The first-order valence-corrected chi connectivity index (χ1v) is 6.27. The summed E-state index contributed by atoms with van der Waals surface area (Å²) in [6, 6.07) is 7.72. The number of rotatable bonds is 2. The molecule has 0 spiro atoms. The van der Waals surface area contributed by atoms with Crippen molar-refractivity contribution in [3.8, 4) is 0 Å². The van der Waals surface area contributed by atoms with Gasteiger partial charge < -0.3 is 10.3 Å². The highest BCUT2D eigenvalue weighted by Gasteiger charge is 2.44. The van der Waals surface area contributed by atoms with E-state index in [1.807, 2.05) is 6.07 Å². The number of halogens is 1. The van der Waals surface area contributed by atoms with Crippen LogP contribution in [0.3, 0.4) is 0 Å². The molecule has 2 nitrogen and oxygen atoms in total. The first-order valence-electron chi connectivity index (χ1n) is 6.27. The quantitative estimate of drug-likeness (QED) is 0.844. The number of hydrogen-bond donors (Lipinski definition) is 1. The Hall–Kier alpha value is -1.35. The van der Waals surface area contributed by atoms with Gasteiger partial charge in [0.05, 0.1) is 5.54 Å². The summed E-state index contributed by atoms with van der Waals surface area (Å²) in [4.78, 5) is 0. The molecule has 1 heterocycles. The predicted molar refractivity (Wildman–Crippen MR) is 65.3 cm³/mol. The number of nitrogens with two attached hydrogens (primary N) is 1. The summed E-state index contributed by atoms with van der Waals surface area (Å²) in [5.41, 5.74) is 8.53. The standard InChI is InChI=1S/C14H15FN2/c15-10-1-4-12-9(7-10)8-13(14(16)5-6-14)17(12)11-2-3-11/h1,4,7-8,11H,2-3,5-6,16H2. The Bertz CT molecular complexity index is 606. The Labute approximate surface area is 99.2 Å². The molecule has 2 aliphatic rings. The van der Waals surface area contributed by atoms with Gasteiger partial charge in [0.2, 0.25) is 0 Å². The number of nitrogens with zero attached hydrogens (tertiary/aromatic N) is 1. The van der Waals surface area contributed by atoms with E-state index in [2.05, 4.69) is 10.6 Å². The largest absolute Gasteiger partial charge is 0.340 e. The average Bonchev–Trinajstić information content (AvgIpc) is 3.20. The molecule has 0 unspecified atom stereocenters. The number of fused-ring (bicyclic) bond motifs is 1. The van der Waals surface area contributed by atoms with Gasteiger partial charge in [-0.15, -0.1) is 0 Å². The molecule has 3 heteroatoms. The third-order valence-electron chi connectivity index (χ3n) is 4.01. The van der Waals surface area contributed by atoms with Crippen LogP contribution in [0.25, 0.3) is 10.9 Å². The van der Waals surface area contributed by atoms with E-state index in [0.29, 0.717) is 6.04 Å². The fourth-order valence-corrected chi connectivity index (χ4v) is 2.71. The summed E-state index contributed by atoms with van der Waals surface area (Å²) in [7, 11) is 0. The molecule has 0 amide bonds. The van der Waals surface area contributed by atoms with Crippen LogP contribution in [0.15, 0.2) is 24.3 Å². The van der Waals surface area contributed by atoms with Crippen molar-refractivity contribution < 1.29 is 4.39 Å². The predicted octanol–water partition coefficient (Wildman–Crippen LogP) is 3.06. The molecule has 2 saturated carbocycles. The fourth-order valence-electron chi connectivity index (χ4n) is 2.71. The van der Waals surface area contributed by atoms with E-state index in [-0.39, 0.29) is 11.4 Å². The van der Waals surface area contributed by atoms with Gasteiger partial charge in [-0.25, -0.2) is 4.39 Å². The van der Waals surface area contributed by atoms with Crippen molar-refractivity contribution in [3.05, 3.63) is 35.8 Å². The summed E-state index contributed by atoms with van der Waals surface area (Å²) in [6.07, 6.45) is 4.56.